The fourth-order valence-electron chi connectivity index (χ4n) is 5.56. The molecule has 0 saturated carbocycles. The van der Waals surface area contributed by atoms with Crippen molar-refractivity contribution >= 4 is 11.6 Å². The zero-order chi connectivity index (χ0) is 33.5. The van der Waals surface area contributed by atoms with Crippen molar-refractivity contribution in [2.45, 2.75) is 46.3 Å². The molecule has 0 radical (unpaired) electrons. The highest BCUT2D eigenvalue weighted by molar-refractivity contribution is 5.84. The highest BCUT2D eigenvalue weighted by Crippen LogP contribution is 2.41. The Balaban J connectivity index is 1.67. The normalized spacial score (nSPS) is 13.8. The van der Waals surface area contributed by atoms with E-state index >= 15 is 0 Å². The van der Waals surface area contributed by atoms with E-state index in [9.17, 15) is 13.6 Å². The SMILES string of the molecule is C=C1COc2cc(F)ccc2-c2cccc(c2)-c2cc3nc(C)c([C@H](OC(C)(C)C)C(=O)OCC)c(n3n2)-c2ccc(F)cc2OC1. The van der Waals surface area contributed by atoms with Gasteiger partial charge < -0.3 is 18.9 Å². The van der Waals surface area contributed by atoms with E-state index in [-0.39, 0.29) is 25.6 Å². The van der Waals surface area contributed by atoms with Crippen molar-refractivity contribution in [3.8, 4) is 45.1 Å². The third-order valence-electron chi connectivity index (χ3n) is 7.54. The van der Waals surface area contributed by atoms with E-state index in [1.807, 2.05) is 51.1 Å². The van der Waals surface area contributed by atoms with Gasteiger partial charge in [0.25, 0.3) is 0 Å². The molecule has 0 amide bonds. The minimum atomic E-state index is -1.19. The molecule has 47 heavy (non-hydrogen) atoms. The Labute approximate surface area is 271 Å². The molecule has 3 aromatic carbocycles. The maximum Gasteiger partial charge on any atom is 0.340 e. The predicted octanol–water partition coefficient (Wildman–Crippen LogP) is 8.06. The van der Waals surface area contributed by atoms with Crippen molar-refractivity contribution in [1.82, 2.24) is 14.6 Å². The van der Waals surface area contributed by atoms with Gasteiger partial charge in [0.2, 0.25) is 0 Å². The number of hydrogen-bond donors (Lipinski definition) is 0. The van der Waals surface area contributed by atoms with Gasteiger partial charge in [-0.2, -0.15) is 5.10 Å². The quantitative estimate of drug-likeness (QED) is 0.145. The van der Waals surface area contributed by atoms with E-state index < -0.39 is 29.3 Å². The van der Waals surface area contributed by atoms with Gasteiger partial charge in [0.15, 0.2) is 11.8 Å². The molecule has 6 rings (SSSR count). The number of benzene rings is 3. The van der Waals surface area contributed by atoms with Crippen molar-refractivity contribution < 1.29 is 32.5 Å². The molecule has 1 atom stereocenters. The lowest BCUT2D eigenvalue weighted by molar-refractivity contribution is -0.166. The van der Waals surface area contributed by atoms with Crippen LogP contribution in [-0.2, 0) is 14.3 Å². The maximum absolute atomic E-state index is 14.8. The molecule has 3 heterocycles. The van der Waals surface area contributed by atoms with Crippen LogP contribution in [0.2, 0.25) is 0 Å². The van der Waals surface area contributed by atoms with Gasteiger partial charge >= 0.3 is 5.97 Å². The molecule has 5 aromatic rings. The van der Waals surface area contributed by atoms with Gasteiger partial charge in [0, 0.05) is 46.1 Å². The number of ether oxygens (including phenoxy) is 4. The van der Waals surface area contributed by atoms with Crippen LogP contribution in [0.15, 0.2) is 78.9 Å². The summed E-state index contributed by atoms with van der Waals surface area (Å²) in [6, 6.07) is 18.0. The van der Waals surface area contributed by atoms with E-state index in [0.29, 0.717) is 50.7 Å². The van der Waals surface area contributed by atoms with Crippen LogP contribution in [0.1, 0.15) is 45.1 Å². The highest BCUT2D eigenvalue weighted by Gasteiger charge is 2.35. The van der Waals surface area contributed by atoms with Crippen molar-refractivity contribution in [1.29, 1.82) is 0 Å². The largest absolute Gasteiger partial charge is 0.488 e. The number of carbonyl (C=O) groups excluding carboxylic acids is 1. The van der Waals surface area contributed by atoms with Crippen LogP contribution in [0.25, 0.3) is 39.3 Å². The van der Waals surface area contributed by atoms with Crippen molar-refractivity contribution in [3.05, 3.63) is 102 Å². The third kappa shape index (κ3) is 6.59. The first-order chi connectivity index (χ1) is 22.4. The van der Waals surface area contributed by atoms with Gasteiger partial charge in [0.05, 0.1) is 23.6 Å². The van der Waals surface area contributed by atoms with Crippen LogP contribution in [0.4, 0.5) is 8.78 Å². The summed E-state index contributed by atoms with van der Waals surface area (Å²) < 4.78 is 54.9. The molecule has 0 spiro atoms. The molecule has 0 aliphatic carbocycles. The maximum atomic E-state index is 14.8. The Morgan fingerprint density at radius 1 is 0.957 bits per heavy atom. The summed E-state index contributed by atoms with van der Waals surface area (Å²) in [5, 5.41) is 4.98. The number of hydrogen-bond acceptors (Lipinski definition) is 7. The van der Waals surface area contributed by atoms with Gasteiger partial charge in [-0.3, -0.25) is 0 Å². The monoisotopic (exact) mass is 639 g/mol. The second-order valence-corrected chi connectivity index (χ2v) is 12.3. The first-order valence-corrected chi connectivity index (χ1v) is 15.3. The minimum absolute atomic E-state index is 0.0232. The number of fused-ring (bicyclic) bond motifs is 8. The Bertz CT molecular complexity index is 2010. The van der Waals surface area contributed by atoms with Gasteiger partial charge in [-0.25, -0.2) is 23.1 Å². The lowest BCUT2D eigenvalue weighted by Crippen LogP contribution is -2.30. The standard InChI is InChI=1S/C37H35F2N3O5/c1-7-44-36(43)35(47-37(4,5)6)33-22(3)40-32-18-29-24-10-8-9-23(15-24)27-13-11-25(38)16-30(27)45-19-21(2)20-46-31-17-26(39)12-14-28(31)34(33)42(32)41-29/h8-18,35H,2,7,19-20H2,1,3-6H3/t35-/m0/s1. The van der Waals surface area contributed by atoms with Crippen LogP contribution in [0, 0.1) is 18.6 Å². The van der Waals surface area contributed by atoms with Gasteiger partial charge in [0.1, 0.15) is 36.3 Å². The number of carbonyl (C=O) groups is 1. The summed E-state index contributed by atoms with van der Waals surface area (Å²) in [5.74, 6) is -1.05. The average molecular weight is 640 g/mol. The lowest BCUT2D eigenvalue weighted by Gasteiger charge is -2.29. The topological polar surface area (TPSA) is 84.2 Å². The fourth-order valence-corrected chi connectivity index (χ4v) is 5.56. The molecule has 8 nitrogen and oxygen atoms in total. The summed E-state index contributed by atoms with van der Waals surface area (Å²) in [6.07, 6.45) is -1.19. The van der Waals surface area contributed by atoms with Crippen LogP contribution in [0.5, 0.6) is 11.5 Å². The number of esters is 1. The molecule has 0 saturated heterocycles. The molecule has 1 aliphatic rings. The summed E-state index contributed by atoms with van der Waals surface area (Å²) in [7, 11) is 0. The van der Waals surface area contributed by atoms with Crippen molar-refractivity contribution in [2.24, 2.45) is 0 Å². The average Bonchev–Trinajstić information content (AvgIpc) is 3.44. The lowest BCUT2D eigenvalue weighted by atomic mass is 9.98. The van der Waals surface area contributed by atoms with Gasteiger partial charge in [-0.15, -0.1) is 0 Å². The molecule has 10 heteroatoms. The smallest absolute Gasteiger partial charge is 0.340 e. The zero-order valence-electron chi connectivity index (χ0n) is 26.9. The second kappa shape index (κ2) is 12.6. The Hall–Kier alpha value is -5.09. The molecule has 0 N–H and O–H groups in total. The third-order valence-corrected chi connectivity index (χ3v) is 7.54. The zero-order valence-corrected chi connectivity index (χ0v) is 26.9. The number of halogens is 2. The molecular formula is C37H35F2N3O5. The van der Waals surface area contributed by atoms with E-state index in [1.54, 1.807) is 30.5 Å². The number of aromatic nitrogens is 3. The molecule has 4 bridgehead atoms. The first kappa shape index (κ1) is 31.9. The van der Waals surface area contributed by atoms with Crippen LogP contribution in [0.3, 0.4) is 0 Å². The molecular weight excluding hydrogens is 604 g/mol. The number of rotatable bonds is 4. The number of aryl methyl sites for hydroxylation is 1. The van der Waals surface area contributed by atoms with E-state index in [0.717, 1.165) is 11.1 Å². The van der Waals surface area contributed by atoms with E-state index in [1.165, 1.54) is 24.3 Å². The molecule has 2 aromatic heterocycles. The fraction of sp³-hybridized carbons (Fsp3) is 0.270. The second-order valence-electron chi connectivity index (χ2n) is 12.3. The Morgan fingerprint density at radius 3 is 2.26 bits per heavy atom. The van der Waals surface area contributed by atoms with Crippen LogP contribution >= 0.6 is 0 Å². The summed E-state index contributed by atoms with van der Waals surface area (Å²) >= 11 is 0. The molecule has 0 unspecified atom stereocenters. The van der Waals surface area contributed by atoms with Crippen molar-refractivity contribution in [3.63, 3.8) is 0 Å². The van der Waals surface area contributed by atoms with Crippen LogP contribution < -0.4 is 9.47 Å². The van der Waals surface area contributed by atoms with Gasteiger partial charge in [-0.05, 0) is 76.1 Å². The summed E-state index contributed by atoms with van der Waals surface area (Å²) in [5.41, 5.74) is 4.84. The van der Waals surface area contributed by atoms with E-state index in [4.69, 9.17) is 29.0 Å². The first-order valence-electron chi connectivity index (χ1n) is 15.3. The van der Waals surface area contributed by atoms with Crippen molar-refractivity contribution in [2.75, 3.05) is 19.8 Å². The summed E-state index contributed by atoms with van der Waals surface area (Å²) in [4.78, 5) is 18.4. The van der Waals surface area contributed by atoms with E-state index in [2.05, 4.69) is 6.58 Å². The van der Waals surface area contributed by atoms with Gasteiger partial charge in [-0.1, -0.05) is 24.8 Å². The Kier molecular flexibility index (Phi) is 8.55. The molecule has 242 valence electrons. The molecule has 1 aliphatic heterocycles. The number of nitrogens with zero attached hydrogens (tertiary/aromatic N) is 3. The highest BCUT2D eigenvalue weighted by atomic mass is 19.1. The van der Waals surface area contributed by atoms with Crippen LogP contribution in [-0.4, -0.2) is 46.0 Å². The minimum Gasteiger partial charge on any atom is -0.488 e. The predicted molar refractivity (Wildman–Crippen MR) is 174 cm³/mol. The summed E-state index contributed by atoms with van der Waals surface area (Å²) in [6.45, 7) is 13.2. The molecule has 0 fully saturated rings. The Morgan fingerprint density at radius 2 is 1.60 bits per heavy atom.